The minimum atomic E-state index is 0.704. The number of hydrogen-bond donors (Lipinski definition) is 1. The summed E-state index contributed by atoms with van der Waals surface area (Å²) >= 11 is 0. The molecule has 84 valence electrons. The van der Waals surface area contributed by atoms with E-state index < -0.39 is 0 Å². The van der Waals surface area contributed by atoms with E-state index in [1.165, 1.54) is 6.42 Å². The highest BCUT2D eigenvalue weighted by atomic mass is 15.1. The first-order valence-electron chi connectivity index (χ1n) is 5.62. The molecule has 0 saturated carbocycles. The molecular weight excluding hydrogens is 184 g/mol. The largest absolute Gasteiger partial charge is 0.397 e. The molecule has 0 bridgehead atoms. The van der Waals surface area contributed by atoms with Crippen molar-refractivity contribution in [1.29, 1.82) is 0 Å². The molecule has 0 aliphatic carbocycles. The van der Waals surface area contributed by atoms with Gasteiger partial charge in [-0.05, 0) is 24.5 Å². The molecule has 0 amide bonds. The smallest absolute Gasteiger partial charge is 0.0600 e. The number of para-hydroxylation sites is 1. The molecule has 0 spiro atoms. The summed E-state index contributed by atoms with van der Waals surface area (Å²) in [6.45, 7) is 7.60. The van der Waals surface area contributed by atoms with E-state index in [2.05, 4.69) is 50.9 Å². The van der Waals surface area contributed by atoms with Gasteiger partial charge in [0.2, 0.25) is 0 Å². The standard InChI is InChI=1S/C13H22N2/c1-5-10(2)9-15(4)12-8-6-7-11(3)13(12)14/h6-8,10H,5,9,14H2,1-4H3. The second-order valence-corrected chi connectivity index (χ2v) is 4.40. The van der Waals surface area contributed by atoms with Crippen LogP contribution in [0.25, 0.3) is 0 Å². The number of rotatable bonds is 4. The van der Waals surface area contributed by atoms with Crippen molar-refractivity contribution in [3.63, 3.8) is 0 Å². The molecule has 0 aliphatic rings. The molecule has 0 aliphatic heterocycles. The van der Waals surface area contributed by atoms with Crippen LogP contribution in [0.5, 0.6) is 0 Å². The Hall–Kier alpha value is -1.18. The van der Waals surface area contributed by atoms with Crippen molar-refractivity contribution in [1.82, 2.24) is 0 Å². The molecule has 1 aromatic carbocycles. The topological polar surface area (TPSA) is 29.3 Å². The van der Waals surface area contributed by atoms with Gasteiger partial charge in [-0.15, -0.1) is 0 Å². The summed E-state index contributed by atoms with van der Waals surface area (Å²) in [7, 11) is 2.11. The van der Waals surface area contributed by atoms with E-state index in [9.17, 15) is 0 Å². The monoisotopic (exact) mass is 206 g/mol. The normalized spacial score (nSPS) is 12.5. The van der Waals surface area contributed by atoms with Crippen LogP contribution in [0.3, 0.4) is 0 Å². The summed E-state index contributed by atoms with van der Waals surface area (Å²) in [5.41, 5.74) is 9.27. The van der Waals surface area contributed by atoms with Crippen LogP contribution in [0, 0.1) is 12.8 Å². The Morgan fingerprint density at radius 1 is 1.40 bits per heavy atom. The van der Waals surface area contributed by atoms with E-state index in [1.807, 2.05) is 0 Å². The van der Waals surface area contributed by atoms with Gasteiger partial charge in [0, 0.05) is 13.6 Å². The van der Waals surface area contributed by atoms with Crippen molar-refractivity contribution in [3.8, 4) is 0 Å². The highest BCUT2D eigenvalue weighted by molar-refractivity contribution is 5.70. The molecule has 0 fully saturated rings. The maximum absolute atomic E-state index is 6.06. The minimum Gasteiger partial charge on any atom is -0.397 e. The van der Waals surface area contributed by atoms with Crippen molar-refractivity contribution < 1.29 is 0 Å². The number of nitrogens with two attached hydrogens (primary N) is 1. The van der Waals surface area contributed by atoms with Crippen molar-refractivity contribution >= 4 is 11.4 Å². The Morgan fingerprint density at radius 3 is 2.67 bits per heavy atom. The molecule has 1 aromatic rings. The SMILES string of the molecule is CCC(C)CN(C)c1cccc(C)c1N. The molecular formula is C13H22N2. The number of aryl methyl sites for hydroxylation is 1. The van der Waals surface area contributed by atoms with Gasteiger partial charge in [0.05, 0.1) is 11.4 Å². The van der Waals surface area contributed by atoms with E-state index in [0.29, 0.717) is 5.92 Å². The number of anilines is 2. The van der Waals surface area contributed by atoms with Crippen LogP contribution in [-0.2, 0) is 0 Å². The molecule has 0 heterocycles. The van der Waals surface area contributed by atoms with Gasteiger partial charge in [-0.2, -0.15) is 0 Å². The third-order valence-corrected chi connectivity index (χ3v) is 2.99. The summed E-state index contributed by atoms with van der Waals surface area (Å²) in [5, 5.41) is 0. The molecule has 2 nitrogen and oxygen atoms in total. The number of benzene rings is 1. The number of nitrogen functional groups attached to an aromatic ring is 1. The second kappa shape index (κ2) is 5.06. The van der Waals surface area contributed by atoms with Crippen molar-refractivity contribution in [2.45, 2.75) is 27.2 Å². The highest BCUT2D eigenvalue weighted by Gasteiger charge is 2.09. The van der Waals surface area contributed by atoms with Crippen LogP contribution >= 0.6 is 0 Å². The lowest BCUT2D eigenvalue weighted by Gasteiger charge is -2.24. The van der Waals surface area contributed by atoms with Gasteiger partial charge >= 0.3 is 0 Å². The lowest BCUT2D eigenvalue weighted by atomic mass is 10.1. The molecule has 0 radical (unpaired) electrons. The summed E-state index contributed by atoms with van der Waals surface area (Å²) < 4.78 is 0. The van der Waals surface area contributed by atoms with Gasteiger partial charge in [0.1, 0.15) is 0 Å². The summed E-state index contributed by atoms with van der Waals surface area (Å²) in [6, 6.07) is 6.20. The maximum Gasteiger partial charge on any atom is 0.0600 e. The fraction of sp³-hybridized carbons (Fsp3) is 0.538. The van der Waals surface area contributed by atoms with Gasteiger partial charge in [-0.3, -0.25) is 0 Å². The third-order valence-electron chi connectivity index (χ3n) is 2.99. The Labute approximate surface area is 93.1 Å². The zero-order valence-corrected chi connectivity index (χ0v) is 10.2. The average molecular weight is 206 g/mol. The lowest BCUT2D eigenvalue weighted by Crippen LogP contribution is -2.24. The summed E-state index contributed by atoms with van der Waals surface area (Å²) in [6.07, 6.45) is 1.20. The predicted octanol–water partition coefficient (Wildman–Crippen LogP) is 3.06. The van der Waals surface area contributed by atoms with Gasteiger partial charge in [0.25, 0.3) is 0 Å². The Kier molecular flexibility index (Phi) is 4.01. The molecule has 2 N–H and O–H groups in total. The fourth-order valence-corrected chi connectivity index (χ4v) is 1.69. The molecule has 1 atom stereocenters. The zero-order valence-electron chi connectivity index (χ0n) is 10.2. The fourth-order valence-electron chi connectivity index (χ4n) is 1.69. The Morgan fingerprint density at radius 2 is 2.07 bits per heavy atom. The highest BCUT2D eigenvalue weighted by Crippen LogP contribution is 2.25. The second-order valence-electron chi connectivity index (χ2n) is 4.40. The molecule has 1 unspecified atom stereocenters. The molecule has 15 heavy (non-hydrogen) atoms. The van der Waals surface area contributed by atoms with Gasteiger partial charge in [-0.25, -0.2) is 0 Å². The quantitative estimate of drug-likeness (QED) is 0.767. The number of hydrogen-bond acceptors (Lipinski definition) is 2. The molecule has 1 rings (SSSR count). The first-order valence-corrected chi connectivity index (χ1v) is 5.62. The Bertz CT molecular complexity index is 320. The zero-order chi connectivity index (χ0) is 11.4. The first kappa shape index (κ1) is 11.9. The van der Waals surface area contributed by atoms with E-state index >= 15 is 0 Å². The summed E-state index contributed by atoms with van der Waals surface area (Å²) in [5.74, 6) is 0.704. The van der Waals surface area contributed by atoms with Gasteiger partial charge < -0.3 is 10.6 Å². The molecule has 2 heteroatoms. The first-order chi connectivity index (χ1) is 7.06. The van der Waals surface area contributed by atoms with Crippen LogP contribution in [0.1, 0.15) is 25.8 Å². The lowest BCUT2D eigenvalue weighted by molar-refractivity contribution is 0.560. The van der Waals surface area contributed by atoms with Crippen molar-refractivity contribution in [2.75, 3.05) is 24.2 Å². The minimum absolute atomic E-state index is 0.704. The van der Waals surface area contributed by atoms with Gasteiger partial charge in [-0.1, -0.05) is 32.4 Å². The van der Waals surface area contributed by atoms with Crippen LogP contribution in [-0.4, -0.2) is 13.6 Å². The molecule has 0 aromatic heterocycles. The number of nitrogens with zero attached hydrogens (tertiary/aromatic N) is 1. The predicted molar refractivity (Wildman–Crippen MR) is 68.3 cm³/mol. The summed E-state index contributed by atoms with van der Waals surface area (Å²) in [4.78, 5) is 2.25. The van der Waals surface area contributed by atoms with Crippen LogP contribution < -0.4 is 10.6 Å². The third kappa shape index (κ3) is 2.88. The van der Waals surface area contributed by atoms with Crippen LogP contribution in [0.2, 0.25) is 0 Å². The van der Waals surface area contributed by atoms with E-state index in [-0.39, 0.29) is 0 Å². The molecule has 0 saturated heterocycles. The van der Waals surface area contributed by atoms with Crippen LogP contribution in [0.15, 0.2) is 18.2 Å². The van der Waals surface area contributed by atoms with Crippen LogP contribution in [0.4, 0.5) is 11.4 Å². The van der Waals surface area contributed by atoms with E-state index in [1.54, 1.807) is 0 Å². The van der Waals surface area contributed by atoms with E-state index in [0.717, 1.165) is 23.5 Å². The average Bonchev–Trinajstić information content (AvgIpc) is 2.21. The van der Waals surface area contributed by atoms with Crippen molar-refractivity contribution in [3.05, 3.63) is 23.8 Å². The van der Waals surface area contributed by atoms with Crippen molar-refractivity contribution in [2.24, 2.45) is 5.92 Å². The maximum atomic E-state index is 6.06. The Balaban J connectivity index is 2.82. The van der Waals surface area contributed by atoms with E-state index in [4.69, 9.17) is 5.73 Å². The van der Waals surface area contributed by atoms with Gasteiger partial charge in [0.15, 0.2) is 0 Å².